The summed E-state index contributed by atoms with van der Waals surface area (Å²) in [5.74, 6) is -0.315. The van der Waals surface area contributed by atoms with Gasteiger partial charge in [0.15, 0.2) is 0 Å². The van der Waals surface area contributed by atoms with Gasteiger partial charge >= 0.3 is 0 Å². The molecular weight excluding hydrogens is 344 g/mol. The Hall–Kier alpha value is -1.08. The molecule has 1 amide bonds. The summed E-state index contributed by atoms with van der Waals surface area (Å²) < 4.78 is 25.6. The third-order valence-corrected chi connectivity index (χ3v) is 4.44. The monoisotopic (exact) mass is 362 g/mol. The van der Waals surface area contributed by atoms with E-state index in [4.69, 9.17) is 0 Å². The molecule has 0 radical (unpaired) electrons. The van der Waals surface area contributed by atoms with Crippen molar-refractivity contribution >= 4 is 37.5 Å². The standard InChI is InChI=1S/C13H19BrN2O3S/c1-4-10(2)15-13(17)9-16(20(3,18)19)12-7-5-6-11(14)8-12/h5-8,10H,4,9H2,1-3H3,(H,15,17)/t10-/m1/s1. The second kappa shape index (κ2) is 7.08. The van der Waals surface area contributed by atoms with Crippen LogP contribution in [0.25, 0.3) is 0 Å². The molecule has 0 spiro atoms. The number of amides is 1. The van der Waals surface area contributed by atoms with Crippen LogP contribution in [0.2, 0.25) is 0 Å². The highest BCUT2D eigenvalue weighted by Gasteiger charge is 2.21. The number of carbonyl (C=O) groups is 1. The molecule has 20 heavy (non-hydrogen) atoms. The maximum Gasteiger partial charge on any atom is 0.240 e. The first-order chi connectivity index (χ1) is 9.24. The fourth-order valence-electron chi connectivity index (χ4n) is 1.58. The minimum absolute atomic E-state index is 0.0198. The van der Waals surface area contributed by atoms with Crippen molar-refractivity contribution in [2.24, 2.45) is 0 Å². The molecule has 7 heteroatoms. The number of carbonyl (C=O) groups excluding carboxylic acids is 1. The molecule has 1 aromatic rings. The predicted octanol–water partition coefficient (Wildman–Crippen LogP) is 2.13. The van der Waals surface area contributed by atoms with Gasteiger partial charge in [0.25, 0.3) is 0 Å². The van der Waals surface area contributed by atoms with Crippen LogP contribution in [0.4, 0.5) is 5.69 Å². The first-order valence-corrected chi connectivity index (χ1v) is 8.90. The second-order valence-electron chi connectivity index (χ2n) is 4.63. The van der Waals surface area contributed by atoms with E-state index >= 15 is 0 Å². The summed E-state index contributed by atoms with van der Waals surface area (Å²) in [5, 5.41) is 2.76. The summed E-state index contributed by atoms with van der Waals surface area (Å²) >= 11 is 3.29. The van der Waals surface area contributed by atoms with Gasteiger partial charge in [0.05, 0.1) is 11.9 Å². The SMILES string of the molecule is CC[C@@H](C)NC(=O)CN(c1cccc(Br)c1)S(C)(=O)=O. The number of anilines is 1. The molecule has 1 N–H and O–H groups in total. The maximum atomic E-state index is 11.9. The average molecular weight is 363 g/mol. The number of benzene rings is 1. The van der Waals surface area contributed by atoms with E-state index in [1.807, 2.05) is 13.8 Å². The Balaban J connectivity index is 2.95. The zero-order valence-corrected chi connectivity index (χ0v) is 14.2. The van der Waals surface area contributed by atoms with Crippen LogP contribution >= 0.6 is 15.9 Å². The van der Waals surface area contributed by atoms with Crippen molar-refractivity contribution < 1.29 is 13.2 Å². The van der Waals surface area contributed by atoms with Gasteiger partial charge in [-0.2, -0.15) is 0 Å². The van der Waals surface area contributed by atoms with E-state index in [1.54, 1.807) is 24.3 Å². The summed E-state index contributed by atoms with van der Waals surface area (Å²) in [6.45, 7) is 3.61. The van der Waals surface area contributed by atoms with Crippen molar-refractivity contribution in [1.29, 1.82) is 0 Å². The van der Waals surface area contributed by atoms with Gasteiger partial charge in [0.2, 0.25) is 15.9 Å². The van der Waals surface area contributed by atoms with Gasteiger partial charge in [0.1, 0.15) is 6.54 Å². The molecule has 0 saturated carbocycles. The lowest BCUT2D eigenvalue weighted by Crippen LogP contribution is -2.43. The number of halogens is 1. The van der Waals surface area contributed by atoms with Gasteiger partial charge in [0, 0.05) is 10.5 Å². The van der Waals surface area contributed by atoms with Gasteiger partial charge in [-0.15, -0.1) is 0 Å². The van der Waals surface area contributed by atoms with E-state index in [9.17, 15) is 13.2 Å². The highest BCUT2D eigenvalue weighted by atomic mass is 79.9. The molecule has 0 fully saturated rings. The Bertz CT molecular complexity index is 575. The number of nitrogens with zero attached hydrogens (tertiary/aromatic N) is 1. The van der Waals surface area contributed by atoms with Crippen molar-refractivity contribution in [2.75, 3.05) is 17.1 Å². The average Bonchev–Trinajstić information content (AvgIpc) is 2.34. The van der Waals surface area contributed by atoms with Crippen LogP contribution in [0.5, 0.6) is 0 Å². The van der Waals surface area contributed by atoms with Crippen LogP contribution in [0.15, 0.2) is 28.7 Å². The lowest BCUT2D eigenvalue weighted by Gasteiger charge is -2.23. The van der Waals surface area contributed by atoms with E-state index < -0.39 is 10.0 Å². The lowest BCUT2D eigenvalue weighted by atomic mass is 10.2. The Morgan fingerprint density at radius 2 is 2.10 bits per heavy atom. The molecule has 0 saturated heterocycles. The molecule has 1 rings (SSSR count). The summed E-state index contributed by atoms with van der Waals surface area (Å²) in [6.07, 6.45) is 1.88. The Morgan fingerprint density at radius 1 is 1.45 bits per heavy atom. The molecule has 0 aliphatic carbocycles. The van der Waals surface area contributed by atoms with E-state index in [0.29, 0.717) is 5.69 Å². The largest absolute Gasteiger partial charge is 0.352 e. The number of hydrogen-bond donors (Lipinski definition) is 1. The third-order valence-electron chi connectivity index (χ3n) is 2.80. The number of nitrogens with one attached hydrogen (secondary N) is 1. The van der Waals surface area contributed by atoms with Crippen molar-refractivity contribution in [2.45, 2.75) is 26.3 Å². The van der Waals surface area contributed by atoms with Gasteiger partial charge < -0.3 is 5.32 Å². The van der Waals surface area contributed by atoms with E-state index in [-0.39, 0.29) is 18.5 Å². The van der Waals surface area contributed by atoms with Gasteiger partial charge in [-0.3, -0.25) is 9.10 Å². The minimum Gasteiger partial charge on any atom is -0.352 e. The number of hydrogen-bond acceptors (Lipinski definition) is 3. The summed E-state index contributed by atoms with van der Waals surface area (Å²) in [7, 11) is -3.52. The van der Waals surface area contributed by atoms with Crippen LogP contribution < -0.4 is 9.62 Å². The normalized spacial score (nSPS) is 12.8. The lowest BCUT2D eigenvalue weighted by molar-refractivity contribution is -0.120. The van der Waals surface area contributed by atoms with Crippen molar-refractivity contribution in [3.05, 3.63) is 28.7 Å². The maximum absolute atomic E-state index is 11.9. The fraction of sp³-hybridized carbons (Fsp3) is 0.462. The topological polar surface area (TPSA) is 66.5 Å². The van der Waals surface area contributed by atoms with Crippen molar-refractivity contribution in [3.63, 3.8) is 0 Å². The zero-order valence-electron chi connectivity index (χ0n) is 11.8. The summed E-state index contributed by atoms with van der Waals surface area (Å²) in [6, 6.07) is 6.86. The van der Waals surface area contributed by atoms with Crippen LogP contribution in [0.1, 0.15) is 20.3 Å². The molecule has 0 aliphatic rings. The van der Waals surface area contributed by atoms with Crippen LogP contribution in [-0.2, 0) is 14.8 Å². The van der Waals surface area contributed by atoms with E-state index in [2.05, 4.69) is 21.2 Å². The van der Waals surface area contributed by atoms with Crippen LogP contribution in [-0.4, -0.2) is 33.2 Å². The first kappa shape index (κ1) is 17.0. The van der Waals surface area contributed by atoms with Gasteiger partial charge in [-0.1, -0.05) is 28.9 Å². The number of sulfonamides is 1. The van der Waals surface area contributed by atoms with Crippen LogP contribution in [0.3, 0.4) is 0 Å². The molecule has 0 bridgehead atoms. The molecular formula is C13H19BrN2O3S. The van der Waals surface area contributed by atoms with Gasteiger partial charge in [-0.25, -0.2) is 8.42 Å². The van der Waals surface area contributed by atoms with E-state index in [0.717, 1.165) is 21.5 Å². The molecule has 0 aromatic heterocycles. The first-order valence-electron chi connectivity index (χ1n) is 6.26. The van der Waals surface area contributed by atoms with Crippen LogP contribution in [0, 0.1) is 0 Å². The zero-order chi connectivity index (χ0) is 15.3. The molecule has 1 aromatic carbocycles. The Labute approximate surface area is 128 Å². The molecule has 0 aliphatic heterocycles. The van der Waals surface area contributed by atoms with Gasteiger partial charge in [-0.05, 0) is 31.5 Å². The quantitative estimate of drug-likeness (QED) is 0.842. The second-order valence-corrected chi connectivity index (χ2v) is 7.45. The highest BCUT2D eigenvalue weighted by molar-refractivity contribution is 9.10. The fourth-order valence-corrected chi connectivity index (χ4v) is 2.82. The summed E-state index contributed by atoms with van der Waals surface area (Å²) in [5.41, 5.74) is 0.459. The smallest absolute Gasteiger partial charge is 0.240 e. The third kappa shape index (κ3) is 5.13. The molecule has 0 heterocycles. The molecule has 1 atom stereocenters. The minimum atomic E-state index is -3.52. The Morgan fingerprint density at radius 3 is 2.60 bits per heavy atom. The highest BCUT2D eigenvalue weighted by Crippen LogP contribution is 2.21. The number of rotatable bonds is 6. The molecule has 0 unspecified atom stereocenters. The molecule has 112 valence electrons. The van der Waals surface area contributed by atoms with Crippen molar-refractivity contribution in [3.8, 4) is 0 Å². The van der Waals surface area contributed by atoms with Crippen molar-refractivity contribution in [1.82, 2.24) is 5.32 Å². The predicted molar refractivity (Wildman–Crippen MR) is 84.2 cm³/mol. The molecule has 5 nitrogen and oxygen atoms in total. The Kier molecular flexibility index (Phi) is 6.01. The summed E-state index contributed by atoms with van der Waals surface area (Å²) in [4.78, 5) is 11.9. The van der Waals surface area contributed by atoms with E-state index in [1.165, 1.54) is 0 Å².